The van der Waals surface area contributed by atoms with Crippen LogP contribution in [0.2, 0.25) is 0 Å². The van der Waals surface area contributed by atoms with Crippen LogP contribution in [0.15, 0.2) is 67.0 Å². The first kappa shape index (κ1) is 25.8. The van der Waals surface area contributed by atoms with E-state index in [0.717, 1.165) is 22.8 Å². The van der Waals surface area contributed by atoms with Gasteiger partial charge >= 0.3 is 21.1 Å². The quantitative estimate of drug-likeness (QED) is 0.457. The molecule has 3 aromatic rings. The first-order chi connectivity index (χ1) is 12.8. The average molecular weight is 583 g/mol. The molecular weight excluding hydrogens is 561 g/mol. The number of hydrogen-bond acceptors (Lipinski definition) is 7. The molecule has 3 aromatic heterocycles. The maximum absolute atomic E-state index is 7.77. The molecule has 146 valence electrons. The summed E-state index contributed by atoms with van der Waals surface area (Å²) >= 11 is 8.61. The second-order valence-corrected chi connectivity index (χ2v) is 5.51. The summed E-state index contributed by atoms with van der Waals surface area (Å²) in [6.07, 6.45) is 3.54. The number of pyridine rings is 3. The van der Waals surface area contributed by atoms with Crippen molar-refractivity contribution >= 4 is 25.3 Å². The van der Waals surface area contributed by atoms with Gasteiger partial charge in [-0.1, -0.05) is 18.2 Å². The van der Waals surface area contributed by atoms with Crippen molar-refractivity contribution in [1.29, 1.82) is 0 Å². The molecule has 0 spiro atoms. The van der Waals surface area contributed by atoms with Gasteiger partial charge in [0.05, 0.1) is 22.8 Å². The van der Waals surface area contributed by atoms with Crippen LogP contribution in [0, 0.1) is 0 Å². The van der Waals surface area contributed by atoms with E-state index >= 15 is 0 Å². The van der Waals surface area contributed by atoms with E-state index in [2.05, 4.69) is 40.2 Å². The average Bonchev–Trinajstić information content (AvgIpc) is 2.75. The number of aliphatic hydroxyl groups is 2. The predicted molar refractivity (Wildman–Crippen MR) is 109 cm³/mol. The van der Waals surface area contributed by atoms with E-state index in [1.54, 1.807) is 12.4 Å². The zero-order chi connectivity index (χ0) is 19.0. The summed E-state index contributed by atoms with van der Waals surface area (Å²) in [5, 5.41) is 15.5. The fourth-order valence-electron chi connectivity index (χ4n) is 1.75. The number of nitrogens with zero attached hydrogens (tertiary/aromatic N) is 3. The van der Waals surface area contributed by atoms with Gasteiger partial charge < -0.3 is 35.5 Å². The predicted octanol–water partition coefficient (Wildman–Crippen LogP) is 2.25. The fourth-order valence-corrected chi connectivity index (χ4v) is 1.75. The van der Waals surface area contributed by atoms with E-state index < -0.39 is 0 Å². The Morgan fingerprint density at radius 3 is 1.30 bits per heavy atom. The number of hydrogen-bond donors (Lipinski definition) is 2. The molecule has 0 aliphatic carbocycles. The van der Waals surface area contributed by atoms with Gasteiger partial charge in [-0.25, -0.2) is 4.98 Å². The first-order valence-electron chi connectivity index (χ1n) is 7.94. The Kier molecular flexibility index (Phi) is 16.1. The van der Waals surface area contributed by atoms with Crippen LogP contribution in [0.1, 0.15) is 0 Å². The number of rotatable bonds is 4. The minimum Gasteiger partial charge on any atom is -0.790 e. The second-order valence-electron chi connectivity index (χ2n) is 4.69. The molecule has 8 heteroatoms. The summed E-state index contributed by atoms with van der Waals surface area (Å²) in [5.74, 6) is 0.917. The van der Waals surface area contributed by atoms with Gasteiger partial charge in [0.1, 0.15) is 0 Å². The van der Waals surface area contributed by atoms with Crippen LogP contribution in [0.4, 0.5) is 0 Å². The summed E-state index contributed by atoms with van der Waals surface area (Å²) in [7, 11) is 0. The van der Waals surface area contributed by atoms with E-state index in [4.69, 9.17) is 10.2 Å². The molecule has 0 amide bonds. The van der Waals surface area contributed by atoms with Crippen molar-refractivity contribution in [1.82, 2.24) is 15.0 Å². The molecule has 0 radical (unpaired) electrons. The Balaban J connectivity index is 0.000000646. The zero-order valence-electron chi connectivity index (χ0n) is 14.5. The molecule has 3 rings (SSSR count). The topological polar surface area (TPSA) is 79.1 Å². The summed E-state index contributed by atoms with van der Waals surface area (Å²) in [6, 6.07) is 17.5. The molecule has 0 aromatic carbocycles. The Morgan fingerprint density at radius 2 is 1.00 bits per heavy atom. The monoisotopic (exact) mass is 582 g/mol. The van der Waals surface area contributed by atoms with Gasteiger partial charge in [0.2, 0.25) is 0 Å². The van der Waals surface area contributed by atoms with E-state index in [-0.39, 0.29) is 34.3 Å². The normalized spacial score (nSPS) is 9.04. The second kappa shape index (κ2) is 16.9. The molecule has 0 saturated heterocycles. The minimum atomic E-state index is 0. The van der Waals surface area contributed by atoms with Gasteiger partial charge in [-0.15, -0.1) is 0 Å². The molecule has 0 atom stereocenters. The van der Waals surface area contributed by atoms with Crippen molar-refractivity contribution in [3.05, 3.63) is 67.0 Å². The molecule has 0 aliphatic heterocycles. The summed E-state index contributed by atoms with van der Waals surface area (Å²) in [6.45, 7) is 0.269. The third-order valence-corrected chi connectivity index (χ3v) is 3.15. The van der Waals surface area contributed by atoms with Crippen LogP contribution in [0.5, 0.6) is 0 Å². The molecule has 5 nitrogen and oxygen atoms in total. The van der Waals surface area contributed by atoms with Crippen LogP contribution < -0.4 is 0 Å². The van der Waals surface area contributed by atoms with Crippen LogP contribution in [-0.2, 0) is 46.3 Å². The fraction of sp³-hybridized carbons (Fsp3) is 0.211. The molecule has 2 N–H and O–H groups in total. The van der Waals surface area contributed by atoms with E-state index in [0.29, 0.717) is 11.5 Å². The van der Waals surface area contributed by atoms with Crippen molar-refractivity contribution in [2.24, 2.45) is 0 Å². The Hall–Kier alpha value is -1.24. The summed E-state index contributed by atoms with van der Waals surface area (Å²) < 4.78 is 0. The van der Waals surface area contributed by atoms with Crippen LogP contribution in [-0.4, -0.2) is 49.9 Å². The summed E-state index contributed by atoms with van der Waals surface area (Å²) in [4.78, 5) is 13.2. The molecular formula is C19H21N3O2PtS2. The Morgan fingerprint density at radius 1 is 0.630 bits per heavy atom. The molecule has 27 heavy (non-hydrogen) atoms. The smallest absolute Gasteiger partial charge is 0.790 e. The van der Waals surface area contributed by atoms with Crippen LogP contribution in [0.25, 0.3) is 22.8 Å². The van der Waals surface area contributed by atoms with Crippen molar-refractivity contribution in [2.75, 3.05) is 24.7 Å². The van der Waals surface area contributed by atoms with Gasteiger partial charge in [-0.2, -0.15) is 11.5 Å². The van der Waals surface area contributed by atoms with Crippen molar-refractivity contribution in [2.45, 2.75) is 0 Å². The molecule has 0 fully saturated rings. The van der Waals surface area contributed by atoms with Crippen LogP contribution in [0.3, 0.4) is 0 Å². The van der Waals surface area contributed by atoms with E-state index in [9.17, 15) is 0 Å². The van der Waals surface area contributed by atoms with Crippen LogP contribution >= 0.6 is 0 Å². The Labute approximate surface area is 185 Å². The minimum absolute atomic E-state index is 0. The molecule has 3 heterocycles. The van der Waals surface area contributed by atoms with Gasteiger partial charge in [0.25, 0.3) is 0 Å². The summed E-state index contributed by atoms with van der Waals surface area (Å²) in [5.41, 5.74) is 3.46. The molecule has 0 unspecified atom stereocenters. The zero-order valence-corrected chi connectivity index (χ0v) is 18.5. The molecule has 0 bridgehead atoms. The van der Waals surface area contributed by atoms with Crippen molar-refractivity contribution in [3.63, 3.8) is 0 Å². The standard InChI is InChI=1S/C15H11N3.2C2H6OS.Pt/c1-3-10-16-12(6-1)14-8-5-9-15(18-14)13-7-2-4-11-17-13;2*3-1-2-4;/h1-11H;2*3-4H,1-2H2;/q;;;+2/p-2. The molecule has 0 aliphatic rings. The maximum Gasteiger partial charge on any atom is 2.00 e. The maximum atomic E-state index is 7.77. The SMILES string of the molecule is OCC[S-].OCC[S-].[Pt+2].c1ccc(-c2cccc(-c3ccccn3)n2)nc1. The van der Waals surface area contributed by atoms with Crippen molar-refractivity contribution < 1.29 is 31.3 Å². The van der Waals surface area contributed by atoms with Crippen molar-refractivity contribution in [3.8, 4) is 22.8 Å². The first-order valence-corrected chi connectivity index (χ1v) is 9.10. The van der Waals surface area contributed by atoms with Gasteiger partial charge in [-0.05, 0) is 36.4 Å². The number of aliphatic hydroxyl groups excluding tert-OH is 2. The third kappa shape index (κ3) is 10.6. The largest absolute Gasteiger partial charge is 2.00 e. The van der Waals surface area contributed by atoms with Gasteiger partial charge in [0, 0.05) is 25.6 Å². The van der Waals surface area contributed by atoms with E-state index in [1.807, 2.05) is 54.6 Å². The van der Waals surface area contributed by atoms with E-state index in [1.165, 1.54) is 0 Å². The number of aromatic nitrogens is 3. The van der Waals surface area contributed by atoms with Gasteiger partial charge in [0.15, 0.2) is 0 Å². The Bertz CT molecular complexity index is 660. The third-order valence-electron chi connectivity index (χ3n) is 2.79. The van der Waals surface area contributed by atoms with Gasteiger partial charge in [-0.3, -0.25) is 9.97 Å². The molecule has 0 saturated carbocycles.